The summed E-state index contributed by atoms with van der Waals surface area (Å²) in [6.07, 6.45) is -0.234. The number of anilines is 1. The second kappa shape index (κ2) is 7.31. The van der Waals surface area contributed by atoms with Crippen LogP contribution in [0.5, 0.6) is 0 Å². The van der Waals surface area contributed by atoms with Crippen LogP contribution in [0.3, 0.4) is 0 Å². The summed E-state index contributed by atoms with van der Waals surface area (Å²) in [7, 11) is 0. The number of carbonyl (C=O) groups is 3. The highest BCUT2D eigenvalue weighted by molar-refractivity contribution is 6.08. The van der Waals surface area contributed by atoms with Crippen molar-refractivity contribution in [1.29, 1.82) is 0 Å². The number of benzene rings is 1. The third-order valence-electron chi connectivity index (χ3n) is 2.52. The summed E-state index contributed by atoms with van der Waals surface area (Å²) in [6, 6.07) is 8.77. The van der Waals surface area contributed by atoms with Gasteiger partial charge in [-0.3, -0.25) is 14.4 Å². The minimum absolute atomic E-state index is 0.226. The topological polar surface area (TPSA) is 72.5 Å². The van der Waals surface area contributed by atoms with Crippen LogP contribution in [0.15, 0.2) is 30.3 Å². The maximum absolute atomic E-state index is 12.0. The summed E-state index contributed by atoms with van der Waals surface area (Å²) in [6.45, 7) is 3.18. The smallest absolute Gasteiger partial charge is 0.307 e. The van der Waals surface area contributed by atoms with E-state index in [1.54, 1.807) is 31.2 Å². The summed E-state index contributed by atoms with van der Waals surface area (Å²) in [4.78, 5) is 34.8. The Balaban J connectivity index is 2.68. The van der Waals surface area contributed by atoms with Crippen LogP contribution in [0.25, 0.3) is 0 Å². The van der Waals surface area contributed by atoms with Crippen molar-refractivity contribution >= 4 is 23.3 Å². The molecule has 0 aromatic heterocycles. The lowest BCUT2D eigenvalue weighted by Gasteiger charge is -2.13. The van der Waals surface area contributed by atoms with Gasteiger partial charge < -0.3 is 10.1 Å². The standard InChI is InChI=1S/C14H17NO4/c1-3-19-13(17)9-12(10(2)16)14(18)15-11-7-5-4-6-8-11/h4-8,12H,3,9H2,1-2H3,(H,15,18)/t12-/m1/s1. The van der Waals surface area contributed by atoms with Crippen molar-refractivity contribution < 1.29 is 19.1 Å². The summed E-state index contributed by atoms with van der Waals surface area (Å²) in [5.41, 5.74) is 0.586. The van der Waals surface area contributed by atoms with Crippen LogP contribution in [-0.4, -0.2) is 24.3 Å². The van der Waals surface area contributed by atoms with Crippen LogP contribution in [0.1, 0.15) is 20.3 Å². The highest BCUT2D eigenvalue weighted by Gasteiger charge is 2.26. The number of para-hydroxylation sites is 1. The first-order valence-corrected chi connectivity index (χ1v) is 6.06. The predicted octanol–water partition coefficient (Wildman–Crippen LogP) is 1.78. The summed E-state index contributed by atoms with van der Waals surface area (Å²) < 4.78 is 4.75. The Morgan fingerprint density at radius 1 is 1.21 bits per heavy atom. The number of hydrogen-bond acceptors (Lipinski definition) is 4. The van der Waals surface area contributed by atoms with Gasteiger partial charge in [0.2, 0.25) is 5.91 Å². The molecule has 0 bridgehead atoms. The van der Waals surface area contributed by atoms with E-state index in [1.165, 1.54) is 6.92 Å². The van der Waals surface area contributed by atoms with Crippen LogP contribution >= 0.6 is 0 Å². The highest BCUT2D eigenvalue weighted by atomic mass is 16.5. The Hall–Kier alpha value is -2.17. The van der Waals surface area contributed by atoms with Gasteiger partial charge in [-0.2, -0.15) is 0 Å². The molecule has 0 aliphatic heterocycles. The number of nitrogens with one attached hydrogen (secondary N) is 1. The Morgan fingerprint density at radius 3 is 2.37 bits per heavy atom. The number of ether oxygens (including phenoxy) is 1. The van der Waals surface area contributed by atoms with Gasteiger partial charge in [-0.05, 0) is 26.0 Å². The van der Waals surface area contributed by atoms with E-state index in [0.717, 1.165) is 0 Å². The van der Waals surface area contributed by atoms with Gasteiger partial charge in [-0.1, -0.05) is 18.2 Å². The zero-order chi connectivity index (χ0) is 14.3. The number of amides is 1. The fraction of sp³-hybridized carbons (Fsp3) is 0.357. The molecule has 0 saturated carbocycles. The van der Waals surface area contributed by atoms with Gasteiger partial charge in [0, 0.05) is 5.69 Å². The SMILES string of the molecule is CCOC(=O)C[C@H](C(C)=O)C(=O)Nc1ccccc1. The Bertz CT molecular complexity index is 456. The molecule has 102 valence electrons. The van der Waals surface area contributed by atoms with E-state index in [1.807, 2.05) is 6.07 Å². The molecule has 0 unspecified atom stereocenters. The molecule has 5 heteroatoms. The highest BCUT2D eigenvalue weighted by Crippen LogP contribution is 2.12. The molecule has 5 nitrogen and oxygen atoms in total. The molecule has 0 saturated heterocycles. The molecule has 0 aliphatic rings. The molecule has 1 aromatic rings. The van der Waals surface area contributed by atoms with Gasteiger partial charge in [0.1, 0.15) is 11.7 Å². The first-order chi connectivity index (χ1) is 9.04. The van der Waals surface area contributed by atoms with Crippen molar-refractivity contribution in [2.45, 2.75) is 20.3 Å². The Kier molecular flexibility index (Phi) is 5.73. The van der Waals surface area contributed by atoms with Crippen molar-refractivity contribution in [1.82, 2.24) is 0 Å². The molecule has 1 amide bonds. The lowest BCUT2D eigenvalue weighted by molar-refractivity contribution is -0.148. The third kappa shape index (κ3) is 4.91. The molecule has 1 aromatic carbocycles. The molecule has 1 atom stereocenters. The van der Waals surface area contributed by atoms with E-state index in [2.05, 4.69) is 5.32 Å². The van der Waals surface area contributed by atoms with Gasteiger partial charge in [0.15, 0.2) is 0 Å². The van der Waals surface area contributed by atoms with Gasteiger partial charge in [0.25, 0.3) is 0 Å². The van der Waals surface area contributed by atoms with Crippen molar-refractivity contribution in [3.05, 3.63) is 30.3 Å². The number of ketones is 1. The molecular weight excluding hydrogens is 246 g/mol. The average Bonchev–Trinajstić information content (AvgIpc) is 2.37. The normalized spacial score (nSPS) is 11.5. The van der Waals surface area contributed by atoms with Crippen LogP contribution in [-0.2, 0) is 19.1 Å². The quantitative estimate of drug-likeness (QED) is 0.627. The van der Waals surface area contributed by atoms with Gasteiger partial charge in [-0.15, -0.1) is 0 Å². The molecule has 1 rings (SSSR count). The maximum Gasteiger partial charge on any atom is 0.307 e. The maximum atomic E-state index is 12.0. The van der Waals surface area contributed by atoms with Crippen molar-refractivity contribution in [2.75, 3.05) is 11.9 Å². The fourth-order valence-corrected chi connectivity index (χ4v) is 1.56. The predicted molar refractivity (Wildman–Crippen MR) is 70.5 cm³/mol. The molecule has 19 heavy (non-hydrogen) atoms. The number of esters is 1. The van der Waals surface area contributed by atoms with Crippen LogP contribution in [0.2, 0.25) is 0 Å². The second-order valence-corrected chi connectivity index (χ2v) is 4.03. The zero-order valence-electron chi connectivity index (χ0n) is 11.0. The number of rotatable bonds is 6. The fourth-order valence-electron chi connectivity index (χ4n) is 1.56. The zero-order valence-corrected chi connectivity index (χ0v) is 11.0. The van der Waals surface area contributed by atoms with Gasteiger partial charge in [0.05, 0.1) is 13.0 Å². The summed E-state index contributed by atoms with van der Waals surface area (Å²) in [5.74, 6) is -2.42. The second-order valence-electron chi connectivity index (χ2n) is 4.03. The summed E-state index contributed by atoms with van der Waals surface area (Å²) >= 11 is 0. The van der Waals surface area contributed by atoms with E-state index in [4.69, 9.17) is 4.74 Å². The van der Waals surface area contributed by atoms with Crippen LogP contribution in [0, 0.1) is 5.92 Å². The van der Waals surface area contributed by atoms with E-state index in [-0.39, 0.29) is 18.8 Å². The molecule has 0 aliphatic carbocycles. The van der Waals surface area contributed by atoms with E-state index in [0.29, 0.717) is 5.69 Å². The van der Waals surface area contributed by atoms with Crippen molar-refractivity contribution in [2.24, 2.45) is 5.92 Å². The van der Waals surface area contributed by atoms with E-state index < -0.39 is 17.8 Å². The minimum Gasteiger partial charge on any atom is -0.466 e. The third-order valence-corrected chi connectivity index (χ3v) is 2.52. The molecule has 0 spiro atoms. The minimum atomic E-state index is -1.01. The molecule has 0 fully saturated rings. The number of Topliss-reactive ketones (excluding diaryl/α,β-unsaturated/α-hetero) is 1. The van der Waals surface area contributed by atoms with Crippen molar-refractivity contribution in [3.63, 3.8) is 0 Å². The first-order valence-electron chi connectivity index (χ1n) is 6.06. The molecule has 0 heterocycles. The van der Waals surface area contributed by atoms with Crippen LogP contribution < -0.4 is 5.32 Å². The van der Waals surface area contributed by atoms with Gasteiger partial charge >= 0.3 is 5.97 Å². The van der Waals surface area contributed by atoms with Crippen LogP contribution in [0.4, 0.5) is 5.69 Å². The molecule has 1 N–H and O–H groups in total. The van der Waals surface area contributed by atoms with Crippen molar-refractivity contribution in [3.8, 4) is 0 Å². The lowest BCUT2D eigenvalue weighted by atomic mass is 10.00. The van der Waals surface area contributed by atoms with E-state index in [9.17, 15) is 14.4 Å². The molecule has 0 radical (unpaired) electrons. The number of carbonyl (C=O) groups excluding carboxylic acids is 3. The first kappa shape index (κ1) is 14.9. The molecular formula is C14H17NO4. The van der Waals surface area contributed by atoms with Gasteiger partial charge in [-0.25, -0.2) is 0 Å². The number of hydrogen-bond donors (Lipinski definition) is 1. The summed E-state index contributed by atoms with van der Waals surface area (Å²) in [5, 5.41) is 2.60. The average molecular weight is 263 g/mol. The largest absolute Gasteiger partial charge is 0.466 e. The lowest BCUT2D eigenvalue weighted by Crippen LogP contribution is -2.30. The Labute approximate surface area is 111 Å². The Morgan fingerprint density at radius 2 is 1.84 bits per heavy atom. The van der Waals surface area contributed by atoms with E-state index >= 15 is 0 Å². The monoisotopic (exact) mass is 263 g/mol.